The molecule has 5 nitrogen and oxygen atoms in total. The van der Waals surface area contributed by atoms with Gasteiger partial charge in [0.1, 0.15) is 11.5 Å². The minimum absolute atomic E-state index is 0.297. The first-order valence-electron chi connectivity index (χ1n) is 6.52. The number of nitrogen functional groups attached to an aromatic ring is 1. The molecule has 0 saturated carbocycles. The van der Waals surface area contributed by atoms with Gasteiger partial charge in [-0.2, -0.15) is 0 Å². The molecule has 19 heavy (non-hydrogen) atoms. The number of likely N-dealkylation sites (tertiary alicyclic amines) is 1. The van der Waals surface area contributed by atoms with Gasteiger partial charge in [-0.3, -0.25) is 0 Å². The quantitative estimate of drug-likeness (QED) is 0.834. The van der Waals surface area contributed by atoms with E-state index in [1.54, 1.807) is 17.0 Å². The summed E-state index contributed by atoms with van der Waals surface area (Å²) in [7, 11) is 1.54. The Labute approximate surface area is 113 Å². The number of nitrogens with two attached hydrogens (primary N) is 1. The molecule has 1 amide bonds. The van der Waals surface area contributed by atoms with E-state index in [4.69, 9.17) is 15.2 Å². The van der Waals surface area contributed by atoms with E-state index in [0.29, 0.717) is 17.2 Å². The maximum atomic E-state index is 12.0. The molecule has 1 heterocycles. The van der Waals surface area contributed by atoms with E-state index in [1.807, 2.05) is 6.92 Å². The van der Waals surface area contributed by atoms with Crippen molar-refractivity contribution in [1.29, 1.82) is 0 Å². The fourth-order valence-corrected chi connectivity index (χ4v) is 2.21. The molecule has 1 aliphatic heterocycles. The maximum Gasteiger partial charge on any atom is 0.415 e. The van der Waals surface area contributed by atoms with E-state index >= 15 is 0 Å². The third-order valence-electron chi connectivity index (χ3n) is 3.34. The van der Waals surface area contributed by atoms with Crippen molar-refractivity contribution in [2.75, 3.05) is 25.9 Å². The number of methoxy groups -OCH3 is 1. The first-order chi connectivity index (χ1) is 9.11. The van der Waals surface area contributed by atoms with Gasteiger partial charge in [0.25, 0.3) is 0 Å². The highest BCUT2D eigenvalue weighted by molar-refractivity contribution is 5.72. The van der Waals surface area contributed by atoms with Crippen LogP contribution in [-0.4, -0.2) is 31.2 Å². The zero-order chi connectivity index (χ0) is 13.8. The summed E-state index contributed by atoms with van der Waals surface area (Å²) < 4.78 is 10.6. The molecular formula is C14H20N2O3. The third kappa shape index (κ3) is 3.10. The molecular weight excluding hydrogens is 244 g/mol. The standard InChI is InChI=1S/C14H20N2O3/c1-10-8-11(15)13(18-2)9-12(10)19-14(17)16-6-4-3-5-7-16/h8-9H,3-7,15H2,1-2H3. The van der Waals surface area contributed by atoms with Crippen molar-refractivity contribution in [3.05, 3.63) is 17.7 Å². The second-order valence-corrected chi connectivity index (χ2v) is 4.78. The number of aryl methyl sites for hydroxylation is 1. The molecule has 0 aromatic heterocycles. The Morgan fingerprint density at radius 1 is 1.21 bits per heavy atom. The van der Waals surface area contributed by atoms with Crippen LogP contribution < -0.4 is 15.2 Å². The number of hydrogen-bond donors (Lipinski definition) is 1. The highest BCUT2D eigenvalue weighted by Gasteiger charge is 2.19. The van der Waals surface area contributed by atoms with Crippen LogP contribution in [-0.2, 0) is 0 Å². The molecule has 0 unspecified atom stereocenters. The highest BCUT2D eigenvalue weighted by Crippen LogP contribution is 2.30. The van der Waals surface area contributed by atoms with Gasteiger partial charge in [0.2, 0.25) is 0 Å². The number of carbonyl (C=O) groups is 1. The molecule has 0 bridgehead atoms. The summed E-state index contributed by atoms with van der Waals surface area (Å²) in [5.74, 6) is 1.02. The number of carbonyl (C=O) groups excluding carboxylic acids is 1. The molecule has 2 rings (SSSR count). The second kappa shape index (κ2) is 5.82. The molecule has 1 saturated heterocycles. The van der Waals surface area contributed by atoms with E-state index in [9.17, 15) is 4.79 Å². The van der Waals surface area contributed by atoms with Crippen molar-refractivity contribution >= 4 is 11.8 Å². The molecule has 1 aliphatic rings. The van der Waals surface area contributed by atoms with Crippen molar-refractivity contribution in [3.8, 4) is 11.5 Å². The SMILES string of the molecule is COc1cc(OC(=O)N2CCCCC2)c(C)cc1N. The number of rotatable bonds is 2. The molecule has 0 atom stereocenters. The van der Waals surface area contributed by atoms with Gasteiger partial charge in [-0.05, 0) is 37.8 Å². The average Bonchev–Trinajstić information content (AvgIpc) is 2.42. The van der Waals surface area contributed by atoms with Gasteiger partial charge < -0.3 is 20.1 Å². The second-order valence-electron chi connectivity index (χ2n) is 4.78. The van der Waals surface area contributed by atoms with Crippen molar-refractivity contribution in [2.24, 2.45) is 0 Å². The summed E-state index contributed by atoms with van der Waals surface area (Å²) in [6.45, 7) is 3.39. The summed E-state index contributed by atoms with van der Waals surface area (Å²) >= 11 is 0. The number of ether oxygens (including phenoxy) is 2. The van der Waals surface area contributed by atoms with Crippen LogP contribution in [0.15, 0.2) is 12.1 Å². The van der Waals surface area contributed by atoms with E-state index in [0.717, 1.165) is 31.5 Å². The Hall–Kier alpha value is -1.91. The van der Waals surface area contributed by atoms with Crippen LogP contribution >= 0.6 is 0 Å². The van der Waals surface area contributed by atoms with Crippen LogP contribution in [0.25, 0.3) is 0 Å². The monoisotopic (exact) mass is 264 g/mol. The number of amides is 1. The summed E-state index contributed by atoms with van der Waals surface area (Å²) in [6.07, 6.45) is 2.96. The maximum absolute atomic E-state index is 12.0. The Morgan fingerprint density at radius 3 is 2.53 bits per heavy atom. The normalized spacial score (nSPS) is 15.2. The van der Waals surface area contributed by atoms with Crippen molar-refractivity contribution < 1.29 is 14.3 Å². The molecule has 0 radical (unpaired) electrons. The smallest absolute Gasteiger partial charge is 0.415 e. The number of benzene rings is 1. The van der Waals surface area contributed by atoms with Crippen LogP contribution in [0.2, 0.25) is 0 Å². The minimum atomic E-state index is -0.297. The van der Waals surface area contributed by atoms with Gasteiger partial charge >= 0.3 is 6.09 Å². The Balaban J connectivity index is 2.11. The molecule has 1 aromatic rings. The topological polar surface area (TPSA) is 64.8 Å². The highest BCUT2D eigenvalue weighted by atomic mass is 16.6. The number of nitrogens with zero attached hydrogens (tertiary/aromatic N) is 1. The van der Waals surface area contributed by atoms with Crippen molar-refractivity contribution in [1.82, 2.24) is 4.90 Å². The predicted octanol–water partition coefficient (Wildman–Crippen LogP) is 2.57. The third-order valence-corrected chi connectivity index (χ3v) is 3.34. The number of hydrogen-bond acceptors (Lipinski definition) is 4. The lowest BCUT2D eigenvalue weighted by molar-refractivity contribution is 0.142. The zero-order valence-electron chi connectivity index (χ0n) is 11.4. The molecule has 2 N–H and O–H groups in total. The van der Waals surface area contributed by atoms with Gasteiger partial charge in [0.15, 0.2) is 0 Å². The van der Waals surface area contributed by atoms with Crippen LogP contribution in [0.5, 0.6) is 11.5 Å². The zero-order valence-corrected chi connectivity index (χ0v) is 11.4. The largest absolute Gasteiger partial charge is 0.494 e. The Bertz CT molecular complexity index is 468. The van der Waals surface area contributed by atoms with E-state index in [1.165, 1.54) is 13.5 Å². The first kappa shape index (κ1) is 13.5. The summed E-state index contributed by atoms with van der Waals surface area (Å²) in [6, 6.07) is 3.41. The lowest BCUT2D eigenvalue weighted by atomic mass is 10.1. The average molecular weight is 264 g/mol. The van der Waals surface area contributed by atoms with Gasteiger partial charge in [-0.1, -0.05) is 0 Å². The number of anilines is 1. The fraction of sp³-hybridized carbons (Fsp3) is 0.500. The van der Waals surface area contributed by atoms with Crippen LogP contribution in [0, 0.1) is 6.92 Å². The Morgan fingerprint density at radius 2 is 1.89 bits per heavy atom. The van der Waals surface area contributed by atoms with E-state index < -0.39 is 0 Å². The molecule has 104 valence electrons. The Kier molecular flexibility index (Phi) is 4.14. The molecule has 0 spiro atoms. The van der Waals surface area contributed by atoms with Gasteiger partial charge in [-0.25, -0.2) is 4.79 Å². The van der Waals surface area contributed by atoms with Crippen molar-refractivity contribution in [3.63, 3.8) is 0 Å². The van der Waals surface area contributed by atoms with Gasteiger partial charge in [-0.15, -0.1) is 0 Å². The lowest BCUT2D eigenvalue weighted by Gasteiger charge is -2.26. The molecule has 1 fully saturated rings. The van der Waals surface area contributed by atoms with E-state index in [-0.39, 0.29) is 6.09 Å². The first-order valence-corrected chi connectivity index (χ1v) is 6.52. The number of piperidine rings is 1. The molecule has 0 aliphatic carbocycles. The van der Waals surface area contributed by atoms with Gasteiger partial charge in [0.05, 0.1) is 12.8 Å². The summed E-state index contributed by atoms with van der Waals surface area (Å²) in [4.78, 5) is 13.8. The van der Waals surface area contributed by atoms with E-state index in [2.05, 4.69) is 0 Å². The molecule has 5 heteroatoms. The summed E-state index contributed by atoms with van der Waals surface area (Å²) in [5, 5.41) is 0. The lowest BCUT2D eigenvalue weighted by Crippen LogP contribution is -2.37. The van der Waals surface area contributed by atoms with Crippen molar-refractivity contribution in [2.45, 2.75) is 26.2 Å². The summed E-state index contributed by atoms with van der Waals surface area (Å²) in [5.41, 5.74) is 7.16. The minimum Gasteiger partial charge on any atom is -0.494 e. The van der Waals surface area contributed by atoms with Crippen LogP contribution in [0.1, 0.15) is 24.8 Å². The van der Waals surface area contributed by atoms with Crippen LogP contribution in [0.4, 0.5) is 10.5 Å². The fourth-order valence-electron chi connectivity index (χ4n) is 2.21. The predicted molar refractivity (Wildman–Crippen MR) is 73.6 cm³/mol. The molecule has 1 aromatic carbocycles. The van der Waals surface area contributed by atoms with Gasteiger partial charge in [0, 0.05) is 19.2 Å². The van der Waals surface area contributed by atoms with Crippen LogP contribution in [0.3, 0.4) is 0 Å².